The zero-order chi connectivity index (χ0) is 21.6. The third kappa shape index (κ3) is 5.35. The number of nitrogens with zero attached hydrogens (tertiary/aromatic N) is 3. The Morgan fingerprint density at radius 2 is 1.90 bits per heavy atom. The van der Waals surface area contributed by atoms with E-state index in [0.717, 1.165) is 24.3 Å². The Labute approximate surface area is 183 Å². The van der Waals surface area contributed by atoms with Crippen LogP contribution in [-0.4, -0.2) is 60.2 Å². The molecule has 2 saturated heterocycles. The van der Waals surface area contributed by atoms with Gasteiger partial charge in [-0.3, -0.25) is 14.5 Å². The van der Waals surface area contributed by atoms with E-state index < -0.39 is 0 Å². The van der Waals surface area contributed by atoms with Crippen LogP contribution in [0.3, 0.4) is 0 Å². The Morgan fingerprint density at radius 1 is 1.13 bits per heavy atom. The summed E-state index contributed by atoms with van der Waals surface area (Å²) in [6.07, 6.45) is 5.16. The Bertz CT molecular complexity index is 938. The Balaban J connectivity index is 1.50. The highest BCUT2D eigenvalue weighted by Gasteiger charge is 2.26. The number of ether oxygens (including phenoxy) is 2. The zero-order valence-electron chi connectivity index (χ0n) is 18.2. The van der Waals surface area contributed by atoms with E-state index in [0.29, 0.717) is 26.2 Å². The molecule has 1 atom stereocenters. The molecule has 166 valence electrons. The number of rotatable bonds is 6. The van der Waals surface area contributed by atoms with Gasteiger partial charge in [0.25, 0.3) is 0 Å². The average Bonchev–Trinajstić information content (AvgIpc) is 2.82. The molecule has 2 aromatic rings. The molecule has 7 heteroatoms. The number of benzene rings is 1. The lowest BCUT2D eigenvalue weighted by molar-refractivity contribution is -0.139. The van der Waals surface area contributed by atoms with Gasteiger partial charge in [-0.05, 0) is 31.5 Å². The van der Waals surface area contributed by atoms with Crippen molar-refractivity contribution in [3.05, 3.63) is 64.1 Å². The van der Waals surface area contributed by atoms with Crippen LogP contribution in [0.1, 0.15) is 36.6 Å². The summed E-state index contributed by atoms with van der Waals surface area (Å²) < 4.78 is 13.0. The molecule has 0 N–H and O–H groups in total. The second-order valence-electron chi connectivity index (χ2n) is 8.27. The smallest absolute Gasteiger partial charge is 0.242 e. The molecule has 4 rings (SSSR count). The van der Waals surface area contributed by atoms with Crippen LogP contribution >= 0.6 is 0 Å². The number of hydrogen-bond acceptors (Lipinski definition) is 5. The Hall–Kier alpha value is -2.64. The standard InChI is InChI=1S/C24H31N3O4/c1-30-23-17-27(20(14-21(23)28)15-25-10-6-3-7-11-25)18-24(29)26-12-13-31-22(16-26)19-8-4-2-5-9-19/h2,4-5,8-9,14,17,22H,3,6-7,10-13,15-16,18H2,1H3. The van der Waals surface area contributed by atoms with E-state index in [9.17, 15) is 9.59 Å². The van der Waals surface area contributed by atoms with Gasteiger partial charge in [0.2, 0.25) is 11.3 Å². The fourth-order valence-electron chi connectivity index (χ4n) is 4.37. The fraction of sp³-hybridized carbons (Fsp3) is 0.500. The first-order chi connectivity index (χ1) is 15.1. The van der Waals surface area contributed by atoms with E-state index in [1.54, 1.807) is 12.3 Å². The summed E-state index contributed by atoms with van der Waals surface area (Å²) in [5.74, 6) is 0.286. The summed E-state index contributed by atoms with van der Waals surface area (Å²) in [6, 6.07) is 11.6. The number of morpholine rings is 1. The summed E-state index contributed by atoms with van der Waals surface area (Å²) in [6.45, 7) is 4.51. The van der Waals surface area contributed by atoms with E-state index in [4.69, 9.17) is 9.47 Å². The van der Waals surface area contributed by atoms with Crippen molar-refractivity contribution < 1.29 is 14.3 Å². The number of carbonyl (C=O) groups is 1. The average molecular weight is 426 g/mol. The highest BCUT2D eigenvalue weighted by Crippen LogP contribution is 2.22. The number of amides is 1. The third-order valence-electron chi connectivity index (χ3n) is 6.13. The van der Waals surface area contributed by atoms with Crippen LogP contribution in [0.4, 0.5) is 0 Å². The van der Waals surface area contributed by atoms with Crippen LogP contribution in [0.25, 0.3) is 0 Å². The highest BCUT2D eigenvalue weighted by molar-refractivity contribution is 5.76. The Morgan fingerprint density at radius 3 is 2.65 bits per heavy atom. The van der Waals surface area contributed by atoms with E-state index in [-0.39, 0.29) is 29.7 Å². The molecule has 1 unspecified atom stereocenters. The van der Waals surface area contributed by atoms with Gasteiger partial charge in [0.05, 0.1) is 26.5 Å². The van der Waals surface area contributed by atoms with Gasteiger partial charge in [0.15, 0.2) is 5.75 Å². The van der Waals surface area contributed by atoms with Gasteiger partial charge >= 0.3 is 0 Å². The third-order valence-corrected chi connectivity index (χ3v) is 6.13. The topological polar surface area (TPSA) is 64.0 Å². The molecule has 7 nitrogen and oxygen atoms in total. The van der Waals surface area contributed by atoms with Gasteiger partial charge in [-0.25, -0.2) is 0 Å². The largest absolute Gasteiger partial charge is 0.491 e. The zero-order valence-corrected chi connectivity index (χ0v) is 18.2. The molecule has 0 saturated carbocycles. The Kier molecular flexibility index (Phi) is 7.04. The van der Waals surface area contributed by atoms with Crippen molar-refractivity contribution >= 4 is 5.91 Å². The van der Waals surface area contributed by atoms with Crippen LogP contribution in [0.15, 0.2) is 47.4 Å². The van der Waals surface area contributed by atoms with Crippen LogP contribution in [0, 0.1) is 0 Å². The maximum Gasteiger partial charge on any atom is 0.242 e. The molecule has 2 aliphatic rings. The number of pyridine rings is 1. The van der Waals surface area contributed by atoms with Gasteiger partial charge in [-0.1, -0.05) is 36.8 Å². The molecule has 0 aliphatic carbocycles. The number of aromatic nitrogens is 1. The van der Waals surface area contributed by atoms with Gasteiger partial charge in [-0.2, -0.15) is 0 Å². The highest BCUT2D eigenvalue weighted by atomic mass is 16.5. The van der Waals surface area contributed by atoms with E-state index >= 15 is 0 Å². The van der Waals surface area contributed by atoms with Crippen molar-refractivity contribution in [2.24, 2.45) is 0 Å². The fourth-order valence-corrected chi connectivity index (χ4v) is 4.37. The van der Waals surface area contributed by atoms with Crippen molar-refractivity contribution in [2.45, 2.75) is 38.5 Å². The minimum Gasteiger partial charge on any atom is -0.491 e. The summed E-state index contributed by atoms with van der Waals surface area (Å²) >= 11 is 0. The van der Waals surface area contributed by atoms with Crippen LogP contribution < -0.4 is 10.2 Å². The molecular formula is C24H31N3O4. The van der Waals surface area contributed by atoms with Gasteiger partial charge in [0.1, 0.15) is 12.6 Å². The van der Waals surface area contributed by atoms with E-state index in [2.05, 4.69) is 4.90 Å². The van der Waals surface area contributed by atoms with Gasteiger partial charge < -0.3 is 18.9 Å². The van der Waals surface area contributed by atoms with Crippen LogP contribution in [-0.2, 0) is 22.6 Å². The number of piperidine rings is 1. The lowest BCUT2D eigenvalue weighted by Crippen LogP contribution is -2.44. The molecule has 0 radical (unpaired) electrons. The minimum atomic E-state index is -0.145. The molecular weight excluding hydrogens is 394 g/mol. The van der Waals surface area contributed by atoms with Crippen molar-refractivity contribution in [3.63, 3.8) is 0 Å². The maximum atomic E-state index is 13.2. The van der Waals surface area contributed by atoms with Crippen molar-refractivity contribution in [1.29, 1.82) is 0 Å². The lowest BCUT2D eigenvalue weighted by Gasteiger charge is -2.34. The summed E-state index contributed by atoms with van der Waals surface area (Å²) in [4.78, 5) is 29.8. The predicted octanol–water partition coefficient (Wildman–Crippen LogP) is 2.44. The molecule has 0 bridgehead atoms. The predicted molar refractivity (Wildman–Crippen MR) is 118 cm³/mol. The second-order valence-corrected chi connectivity index (χ2v) is 8.27. The van der Waals surface area contributed by atoms with Crippen molar-refractivity contribution in [2.75, 3.05) is 39.9 Å². The summed E-state index contributed by atoms with van der Waals surface area (Å²) in [5.41, 5.74) is 1.79. The first kappa shape index (κ1) is 21.6. The monoisotopic (exact) mass is 425 g/mol. The van der Waals surface area contributed by atoms with Crippen molar-refractivity contribution in [1.82, 2.24) is 14.4 Å². The molecule has 2 aliphatic heterocycles. The van der Waals surface area contributed by atoms with Crippen molar-refractivity contribution in [3.8, 4) is 5.75 Å². The molecule has 1 amide bonds. The molecule has 31 heavy (non-hydrogen) atoms. The molecule has 1 aromatic heterocycles. The number of hydrogen-bond donors (Lipinski definition) is 0. The summed E-state index contributed by atoms with van der Waals surface area (Å²) in [7, 11) is 1.49. The summed E-state index contributed by atoms with van der Waals surface area (Å²) in [5, 5.41) is 0. The number of methoxy groups -OCH3 is 1. The van der Waals surface area contributed by atoms with E-state index in [1.807, 2.05) is 39.8 Å². The molecule has 3 heterocycles. The van der Waals surface area contributed by atoms with Gasteiger partial charge in [0, 0.05) is 24.8 Å². The van der Waals surface area contributed by atoms with E-state index in [1.165, 1.54) is 26.4 Å². The van der Waals surface area contributed by atoms with Crippen LogP contribution in [0.2, 0.25) is 0 Å². The first-order valence-corrected chi connectivity index (χ1v) is 11.1. The quantitative estimate of drug-likeness (QED) is 0.711. The van der Waals surface area contributed by atoms with Gasteiger partial charge in [-0.15, -0.1) is 0 Å². The van der Waals surface area contributed by atoms with Crippen LogP contribution in [0.5, 0.6) is 5.75 Å². The molecule has 2 fully saturated rings. The molecule has 1 aromatic carbocycles. The normalized spacial score (nSPS) is 19.9. The first-order valence-electron chi connectivity index (χ1n) is 11.1. The SMILES string of the molecule is COc1cn(CC(=O)N2CCOC(c3ccccc3)C2)c(CN2CCCCC2)cc1=O. The lowest BCUT2D eigenvalue weighted by atomic mass is 10.1. The minimum absolute atomic E-state index is 0.0230. The maximum absolute atomic E-state index is 13.2. The second kappa shape index (κ2) is 10.1. The number of carbonyl (C=O) groups excluding carboxylic acids is 1. The number of likely N-dealkylation sites (tertiary alicyclic amines) is 1. The molecule has 0 spiro atoms.